The van der Waals surface area contributed by atoms with E-state index in [-0.39, 0.29) is 18.2 Å². The third kappa shape index (κ3) is 6.02. The zero-order chi connectivity index (χ0) is 28.9. The Morgan fingerprint density at radius 1 is 1.05 bits per heavy atom. The van der Waals surface area contributed by atoms with Crippen LogP contribution in [0.3, 0.4) is 0 Å². The average molecular weight is 579 g/mol. The van der Waals surface area contributed by atoms with E-state index in [1.165, 1.54) is 11.3 Å². The van der Waals surface area contributed by atoms with Crippen LogP contribution in [-0.2, 0) is 9.84 Å². The van der Waals surface area contributed by atoms with E-state index in [2.05, 4.69) is 25.6 Å². The number of aromatic nitrogens is 4. The predicted molar refractivity (Wildman–Crippen MR) is 154 cm³/mol. The lowest BCUT2D eigenvalue weighted by Gasteiger charge is -2.28. The Bertz CT molecular complexity index is 1460. The first kappa shape index (κ1) is 29.5. The van der Waals surface area contributed by atoms with Crippen molar-refractivity contribution in [2.75, 3.05) is 22.9 Å². The number of aryl methyl sites for hydroxylation is 2. The van der Waals surface area contributed by atoms with Crippen LogP contribution < -0.4 is 10.6 Å². The molecular formula is C26H38N6O5S2. The quantitative estimate of drug-likeness (QED) is 0.266. The van der Waals surface area contributed by atoms with Gasteiger partial charge in [-0.1, -0.05) is 0 Å². The first-order valence-electron chi connectivity index (χ1n) is 12.9. The SMILES string of the molecule is Cc1nc(NCCS(=O)(=O)C(C)(C)C)nc(N[C@@H]2C[C@H](C(C)(C)O)[C@@H](O)[C@H]2O)c1-c1nc2c(C)nccc2s1. The summed E-state index contributed by atoms with van der Waals surface area (Å²) in [5.74, 6) is -0.0170. The summed E-state index contributed by atoms with van der Waals surface area (Å²) in [4.78, 5) is 18.4. The van der Waals surface area contributed by atoms with Crippen molar-refractivity contribution >= 4 is 43.2 Å². The van der Waals surface area contributed by atoms with E-state index in [4.69, 9.17) is 4.98 Å². The number of nitrogens with zero attached hydrogens (tertiary/aromatic N) is 4. The highest BCUT2D eigenvalue weighted by atomic mass is 32.2. The van der Waals surface area contributed by atoms with E-state index in [1.807, 2.05) is 19.9 Å². The molecule has 0 aromatic carbocycles. The lowest BCUT2D eigenvalue weighted by molar-refractivity contribution is -0.0601. The van der Waals surface area contributed by atoms with Gasteiger partial charge in [-0.3, -0.25) is 4.98 Å². The standard InChI is InChI=1S/C26H38N6O5S2/c1-13-18(23-31-19-14(2)27-9-8-17(19)38-23)22(30-16-12-15(26(6,7)35)20(33)21(16)34)32-24(29-13)28-10-11-39(36,37)25(3,4)5/h8-9,15-16,20-21,33-35H,10-12H2,1-7H3,(H2,28,29,30,32)/t15-,16+,20+,21-/m0/s1. The Labute approximate surface area is 233 Å². The van der Waals surface area contributed by atoms with E-state index in [0.29, 0.717) is 28.5 Å². The van der Waals surface area contributed by atoms with Gasteiger partial charge in [-0.05, 0) is 61.0 Å². The molecule has 0 unspecified atom stereocenters. The van der Waals surface area contributed by atoms with Crippen LogP contribution in [0, 0.1) is 19.8 Å². The first-order chi connectivity index (χ1) is 18.0. The van der Waals surface area contributed by atoms with Crippen LogP contribution in [0.25, 0.3) is 20.8 Å². The van der Waals surface area contributed by atoms with Crippen molar-refractivity contribution in [2.24, 2.45) is 5.92 Å². The van der Waals surface area contributed by atoms with Gasteiger partial charge in [-0.15, -0.1) is 11.3 Å². The molecule has 3 heterocycles. The van der Waals surface area contributed by atoms with Crippen LogP contribution in [0.2, 0.25) is 0 Å². The molecule has 0 saturated heterocycles. The molecule has 0 aliphatic heterocycles. The summed E-state index contributed by atoms with van der Waals surface area (Å²) in [6, 6.07) is 1.29. The second-order valence-electron chi connectivity index (χ2n) is 11.7. The molecule has 11 nitrogen and oxygen atoms in total. The lowest BCUT2D eigenvalue weighted by atomic mass is 9.88. The van der Waals surface area contributed by atoms with E-state index >= 15 is 0 Å². The number of fused-ring (bicyclic) bond motifs is 1. The van der Waals surface area contributed by atoms with Crippen molar-refractivity contribution in [1.82, 2.24) is 19.9 Å². The summed E-state index contributed by atoms with van der Waals surface area (Å²) in [5, 5.41) is 39.0. The fourth-order valence-corrected chi connectivity index (χ4v) is 6.85. The van der Waals surface area contributed by atoms with Gasteiger partial charge >= 0.3 is 0 Å². The summed E-state index contributed by atoms with van der Waals surface area (Å²) in [6.07, 6.45) is -0.220. The number of sulfone groups is 1. The number of pyridine rings is 1. The van der Waals surface area contributed by atoms with Crippen LogP contribution in [0.1, 0.15) is 52.4 Å². The van der Waals surface area contributed by atoms with Gasteiger partial charge in [-0.2, -0.15) is 4.98 Å². The van der Waals surface area contributed by atoms with Crippen molar-refractivity contribution in [2.45, 2.75) is 83.5 Å². The number of hydrogen-bond donors (Lipinski definition) is 5. The number of thiazole rings is 1. The molecule has 1 saturated carbocycles. The molecule has 13 heteroatoms. The summed E-state index contributed by atoms with van der Waals surface area (Å²) < 4.78 is 25.2. The van der Waals surface area contributed by atoms with Gasteiger partial charge in [0.05, 0.1) is 49.9 Å². The molecule has 0 bridgehead atoms. The fraction of sp³-hybridized carbons (Fsp3) is 0.615. The van der Waals surface area contributed by atoms with Crippen LogP contribution >= 0.6 is 11.3 Å². The largest absolute Gasteiger partial charge is 0.390 e. The minimum atomic E-state index is -3.34. The fourth-order valence-electron chi connectivity index (χ4n) is 4.76. The van der Waals surface area contributed by atoms with E-state index in [1.54, 1.807) is 40.8 Å². The predicted octanol–water partition coefficient (Wildman–Crippen LogP) is 2.68. The Morgan fingerprint density at radius 2 is 1.74 bits per heavy atom. The minimum absolute atomic E-state index is 0.0889. The molecule has 3 aromatic rings. The Kier molecular flexibility index (Phi) is 7.96. The van der Waals surface area contributed by atoms with Crippen LogP contribution in [0.5, 0.6) is 0 Å². The molecule has 1 aliphatic rings. The first-order valence-corrected chi connectivity index (χ1v) is 15.4. The second-order valence-corrected chi connectivity index (χ2v) is 15.6. The topological polar surface area (TPSA) is 170 Å². The maximum absolute atomic E-state index is 12.6. The molecule has 0 spiro atoms. The third-order valence-electron chi connectivity index (χ3n) is 7.29. The van der Waals surface area contributed by atoms with Gasteiger partial charge in [0, 0.05) is 18.7 Å². The number of aliphatic hydroxyl groups excluding tert-OH is 2. The van der Waals surface area contributed by atoms with Crippen LogP contribution in [0.15, 0.2) is 12.3 Å². The number of aliphatic hydroxyl groups is 3. The maximum Gasteiger partial charge on any atom is 0.224 e. The lowest BCUT2D eigenvalue weighted by Crippen LogP contribution is -2.40. The maximum atomic E-state index is 12.6. The minimum Gasteiger partial charge on any atom is -0.390 e. The molecule has 4 atom stereocenters. The summed E-state index contributed by atoms with van der Waals surface area (Å²) >= 11 is 1.46. The number of hydrogen-bond acceptors (Lipinski definition) is 12. The molecule has 214 valence electrons. The Morgan fingerprint density at radius 3 is 2.33 bits per heavy atom. The molecule has 39 heavy (non-hydrogen) atoms. The van der Waals surface area contributed by atoms with E-state index in [0.717, 1.165) is 15.9 Å². The Hall–Kier alpha value is -2.45. The summed E-state index contributed by atoms with van der Waals surface area (Å²) in [7, 11) is -3.34. The molecule has 1 aliphatic carbocycles. The molecule has 5 N–H and O–H groups in total. The molecule has 1 fully saturated rings. The van der Waals surface area contributed by atoms with Gasteiger partial charge in [0.15, 0.2) is 9.84 Å². The van der Waals surface area contributed by atoms with Gasteiger partial charge in [-0.25, -0.2) is 18.4 Å². The normalized spacial score (nSPS) is 22.4. The zero-order valence-electron chi connectivity index (χ0n) is 23.3. The van der Waals surface area contributed by atoms with Gasteiger partial charge in [0.25, 0.3) is 0 Å². The number of nitrogens with one attached hydrogen (secondary N) is 2. The van der Waals surface area contributed by atoms with E-state index < -0.39 is 44.4 Å². The smallest absolute Gasteiger partial charge is 0.224 e. The second kappa shape index (κ2) is 10.5. The average Bonchev–Trinajstić information content (AvgIpc) is 3.35. The van der Waals surface area contributed by atoms with E-state index in [9.17, 15) is 23.7 Å². The van der Waals surface area contributed by atoms with Gasteiger partial charge < -0.3 is 26.0 Å². The molecule has 0 radical (unpaired) electrons. The zero-order valence-corrected chi connectivity index (χ0v) is 25.0. The van der Waals surface area contributed by atoms with Crippen molar-refractivity contribution in [3.05, 3.63) is 23.7 Å². The van der Waals surface area contributed by atoms with Crippen molar-refractivity contribution in [3.63, 3.8) is 0 Å². The van der Waals surface area contributed by atoms with Crippen molar-refractivity contribution in [1.29, 1.82) is 0 Å². The van der Waals surface area contributed by atoms with Gasteiger partial charge in [0.1, 0.15) is 22.4 Å². The van der Waals surface area contributed by atoms with Crippen molar-refractivity contribution in [3.8, 4) is 10.6 Å². The molecular weight excluding hydrogens is 540 g/mol. The van der Waals surface area contributed by atoms with Crippen LogP contribution in [0.4, 0.5) is 11.8 Å². The number of anilines is 2. The van der Waals surface area contributed by atoms with Crippen LogP contribution in [-0.4, -0.2) is 84.6 Å². The molecule has 4 rings (SSSR count). The third-order valence-corrected chi connectivity index (χ3v) is 10.9. The number of rotatable bonds is 8. The highest BCUT2D eigenvalue weighted by Gasteiger charge is 2.48. The monoisotopic (exact) mass is 578 g/mol. The highest BCUT2D eigenvalue weighted by Crippen LogP contribution is 2.40. The molecule has 0 amide bonds. The Balaban J connectivity index is 1.71. The highest BCUT2D eigenvalue weighted by molar-refractivity contribution is 7.92. The van der Waals surface area contributed by atoms with Gasteiger partial charge in [0.2, 0.25) is 5.95 Å². The summed E-state index contributed by atoms with van der Waals surface area (Å²) in [6.45, 7) is 12.0. The summed E-state index contributed by atoms with van der Waals surface area (Å²) in [5.41, 5.74) is 1.62. The molecule has 3 aromatic heterocycles. The van der Waals surface area contributed by atoms with Crippen molar-refractivity contribution < 1.29 is 23.7 Å².